The van der Waals surface area contributed by atoms with E-state index in [-0.39, 0.29) is 14.4 Å². The number of hydrogen-bond acceptors (Lipinski definition) is 5. The number of sulfonamides is 1. The zero-order chi connectivity index (χ0) is 17.6. The van der Waals surface area contributed by atoms with Crippen LogP contribution in [0.15, 0.2) is 39.3 Å². The van der Waals surface area contributed by atoms with Gasteiger partial charge in [0.15, 0.2) is 0 Å². The molecule has 2 aromatic heterocycles. The Bertz CT molecular complexity index is 1110. The average Bonchev–Trinajstić information content (AvgIpc) is 2.93. The number of nitrogens with zero attached hydrogens (tertiary/aromatic N) is 2. The highest BCUT2D eigenvalue weighted by atomic mass is 79.9. The lowest BCUT2D eigenvalue weighted by Crippen LogP contribution is -2.23. The third-order valence-electron chi connectivity index (χ3n) is 3.30. The molecule has 1 unspecified atom stereocenters. The number of aromatic nitrogens is 2. The van der Waals surface area contributed by atoms with E-state index in [4.69, 9.17) is 16.7 Å². The van der Waals surface area contributed by atoms with E-state index in [9.17, 15) is 13.2 Å². The molecule has 3 aromatic rings. The Hall–Kier alpha value is -1.26. The van der Waals surface area contributed by atoms with Crippen molar-refractivity contribution in [3.8, 4) is 5.69 Å². The normalized spacial score (nSPS) is 13.3. The highest BCUT2D eigenvalue weighted by Crippen LogP contribution is 2.30. The van der Waals surface area contributed by atoms with Gasteiger partial charge in [0.2, 0.25) is 10.0 Å². The summed E-state index contributed by atoms with van der Waals surface area (Å²) in [6, 6.07) is 8.12. The van der Waals surface area contributed by atoms with Gasteiger partial charge in [-0.1, -0.05) is 39.7 Å². The first-order chi connectivity index (χ1) is 11.2. The topological polar surface area (TPSA) is 95.1 Å². The minimum atomic E-state index is -3.91. The summed E-state index contributed by atoms with van der Waals surface area (Å²) in [5.74, 6) is 0.420. The molecule has 10 heteroatoms. The molecule has 0 saturated carbocycles. The van der Waals surface area contributed by atoms with Crippen molar-refractivity contribution in [3.05, 3.63) is 51.5 Å². The predicted octanol–water partition coefficient (Wildman–Crippen LogP) is 3.20. The Labute approximate surface area is 155 Å². The van der Waals surface area contributed by atoms with Crippen molar-refractivity contribution >= 4 is 59.1 Å². The van der Waals surface area contributed by atoms with Crippen LogP contribution in [0, 0.1) is 0 Å². The molecule has 0 spiro atoms. The first kappa shape index (κ1) is 17.6. The van der Waals surface area contributed by atoms with Crippen molar-refractivity contribution < 1.29 is 8.42 Å². The predicted molar refractivity (Wildman–Crippen MR) is 98.9 cm³/mol. The lowest BCUT2D eigenvalue weighted by molar-refractivity contribution is 0.600. The number of rotatable bonds is 3. The van der Waals surface area contributed by atoms with Gasteiger partial charge in [0.1, 0.15) is 14.9 Å². The number of alkyl halides is 1. The lowest BCUT2D eigenvalue weighted by atomic mass is 10.2. The maximum Gasteiger partial charge on any atom is 0.266 e. The Morgan fingerprint density at radius 2 is 2.04 bits per heavy atom. The Kier molecular flexibility index (Phi) is 4.56. The summed E-state index contributed by atoms with van der Waals surface area (Å²) >= 11 is 10.5. The average molecular weight is 449 g/mol. The summed E-state index contributed by atoms with van der Waals surface area (Å²) in [6.07, 6.45) is 0. The van der Waals surface area contributed by atoms with Gasteiger partial charge in [-0.3, -0.25) is 9.36 Å². The van der Waals surface area contributed by atoms with Gasteiger partial charge in [0.25, 0.3) is 5.56 Å². The molecule has 3 rings (SSSR count). The molecule has 1 aromatic carbocycles. The zero-order valence-electron chi connectivity index (χ0n) is 12.2. The molecule has 2 heterocycles. The van der Waals surface area contributed by atoms with Crippen LogP contribution in [0.5, 0.6) is 0 Å². The van der Waals surface area contributed by atoms with Crippen molar-refractivity contribution in [2.24, 2.45) is 5.14 Å². The van der Waals surface area contributed by atoms with E-state index in [2.05, 4.69) is 20.9 Å². The first-order valence-electron chi connectivity index (χ1n) is 6.68. The van der Waals surface area contributed by atoms with Crippen LogP contribution in [0.2, 0.25) is 5.02 Å². The van der Waals surface area contributed by atoms with Crippen LogP contribution >= 0.6 is 38.9 Å². The van der Waals surface area contributed by atoms with Crippen LogP contribution in [-0.4, -0.2) is 18.0 Å². The molecule has 0 fully saturated rings. The van der Waals surface area contributed by atoms with E-state index in [1.807, 2.05) is 6.92 Å². The molecule has 1 atom stereocenters. The minimum Gasteiger partial charge on any atom is -0.268 e. The Balaban J connectivity index is 2.44. The van der Waals surface area contributed by atoms with Crippen LogP contribution < -0.4 is 10.7 Å². The Morgan fingerprint density at radius 1 is 1.38 bits per heavy atom. The molecule has 0 amide bonds. The number of nitrogens with two attached hydrogens (primary N) is 1. The smallest absolute Gasteiger partial charge is 0.266 e. The summed E-state index contributed by atoms with van der Waals surface area (Å²) in [5.41, 5.74) is 0.0729. The van der Waals surface area contributed by atoms with E-state index < -0.39 is 15.6 Å². The van der Waals surface area contributed by atoms with Crippen molar-refractivity contribution in [3.63, 3.8) is 0 Å². The minimum absolute atomic E-state index is 0.104. The van der Waals surface area contributed by atoms with Crippen molar-refractivity contribution in [1.82, 2.24) is 9.55 Å². The van der Waals surface area contributed by atoms with Crippen LogP contribution in [0.1, 0.15) is 17.6 Å². The summed E-state index contributed by atoms with van der Waals surface area (Å²) in [7, 11) is -3.91. The van der Waals surface area contributed by atoms with Gasteiger partial charge < -0.3 is 0 Å². The molecule has 6 nitrogen and oxygen atoms in total. The first-order valence-corrected chi connectivity index (χ1v) is 10.3. The quantitative estimate of drug-likeness (QED) is 0.622. The number of halogens is 2. The number of thiophene rings is 1. The fourth-order valence-electron chi connectivity index (χ4n) is 2.25. The second-order valence-electron chi connectivity index (χ2n) is 5.01. The molecule has 0 saturated heterocycles. The molecule has 0 radical (unpaired) electrons. The van der Waals surface area contributed by atoms with E-state index >= 15 is 0 Å². The van der Waals surface area contributed by atoms with Gasteiger partial charge in [-0.2, -0.15) is 0 Å². The number of fused-ring (bicyclic) bond motifs is 1. The second-order valence-corrected chi connectivity index (χ2v) is 9.61. The van der Waals surface area contributed by atoms with Gasteiger partial charge in [0.05, 0.1) is 20.9 Å². The van der Waals surface area contributed by atoms with Gasteiger partial charge in [-0.05, 0) is 25.1 Å². The maximum absolute atomic E-state index is 13.0. The Morgan fingerprint density at radius 3 is 2.62 bits per heavy atom. The fourth-order valence-corrected chi connectivity index (χ4v) is 4.52. The maximum atomic E-state index is 13.0. The van der Waals surface area contributed by atoms with Gasteiger partial charge in [-0.15, -0.1) is 11.3 Å². The lowest BCUT2D eigenvalue weighted by Gasteiger charge is -2.15. The van der Waals surface area contributed by atoms with E-state index in [0.717, 1.165) is 11.3 Å². The second kappa shape index (κ2) is 6.23. The van der Waals surface area contributed by atoms with Crippen LogP contribution in [-0.2, 0) is 10.0 Å². The fraction of sp³-hybridized carbons (Fsp3) is 0.143. The number of hydrogen-bond donors (Lipinski definition) is 1. The molecule has 0 bridgehead atoms. The molecule has 24 heavy (non-hydrogen) atoms. The number of para-hydroxylation sites is 1. The van der Waals surface area contributed by atoms with E-state index in [1.54, 1.807) is 24.3 Å². The summed E-state index contributed by atoms with van der Waals surface area (Å²) in [6.45, 7) is 1.81. The summed E-state index contributed by atoms with van der Waals surface area (Å²) < 4.78 is 24.4. The SMILES string of the molecule is CC(Br)c1nc2sc(S(N)(=O)=O)cc2c(=O)n1-c1ccccc1Cl. The van der Waals surface area contributed by atoms with Crippen LogP contribution in [0.4, 0.5) is 0 Å². The summed E-state index contributed by atoms with van der Waals surface area (Å²) in [5, 5.41) is 5.72. The molecular formula is C14H11BrClN3O3S2. The monoisotopic (exact) mass is 447 g/mol. The number of primary sulfonamides is 1. The largest absolute Gasteiger partial charge is 0.268 e. The van der Waals surface area contributed by atoms with Crippen molar-refractivity contribution in [2.45, 2.75) is 16.0 Å². The molecule has 0 aliphatic heterocycles. The summed E-state index contributed by atoms with van der Waals surface area (Å²) in [4.78, 5) is 17.5. The van der Waals surface area contributed by atoms with Crippen LogP contribution in [0.25, 0.3) is 15.9 Å². The van der Waals surface area contributed by atoms with E-state index in [1.165, 1.54) is 10.6 Å². The molecule has 0 aliphatic rings. The van der Waals surface area contributed by atoms with Crippen molar-refractivity contribution in [2.75, 3.05) is 0 Å². The van der Waals surface area contributed by atoms with Gasteiger partial charge in [0, 0.05) is 0 Å². The molecule has 126 valence electrons. The van der Waals surface area contributed by atoms with Crippen molar-refractivity contribution in [1.29, 1.82) is 0 Å². The standard InChI is InChI=1S/C14H11BrClN3O3S2/c1-7(15)12-18-13-8(6-11(23-13)24(17,21)22)14(20)19(12)10-5-3-2-4-9(10)16/h2-7H,1H3,(H2,17,21,22). The molecular weight excluding hydrogens is 438 g/mol. The highest BCUT2D eigenvalue weighted by Gasteiger charge is 2.21. The zero-order valence-corrected chi connectivity index (χ0v) is 16.2. The van der Waals surface area contributed by atoms with Crippen LogP contribution in [0.3, 0.4) is 0 Å². The third-order valence-corrected chi connectivity index (χ3v) is 6.48. The molecule has 2 N–H and O–H groups in total. The third kappa shape index (κ3) is 3.02. The van der Waals surface area contributed by atoms with E-state index in [0.29, 0.717) is 21.4 Å². The highest BCUT2D eigenvalue weighted by molar-refractivity contribution is 9.09. The number of benzene rings is 1. The van der Waals surface area contributed by atoms with Gasteiger partial charge in [-0.25, -0.2) is 18.5 Å². The molecule has 0 aliphatic carbocycles. The van der Waals surface area contributed by atoms with Gasteiger partial charge >= 0.3 is 0 Å².